The predicted octanol–water partition coefficient (Wildman–Crippen LogP) is 8.31. The van der Waals surface area contributed by atoms with Crippen molar-refractivity contribution in [2.75, 3.05) is 0 Å². The highest BCUT2D eigenvalue weighted by Crippen LogP contribution is 2.44. The van der Waals surface area contributed by atoms with Gasteiger partial charge in [-0.3, -0.25) is 0 Å². The van der Waals surface area contributed by atoms with Gasteiger partial charge in [0.2, 0.25) is 9.84 Å². The summed E-state index contributed by atoms with van der Waals surface area (Å²) in [5.41, 5.74) is 4.44. The fraction of sp³-hybridized carbons (Fsp3) is 0.571. The largest absolute Gasteiger partial charge is 0.218 e. The van der Waals surface area contributed by atoms with E-state index in [4.69, 9.17) is 0 Å². The van der Waals surface area contributed by atoms with Gasteiger partial charge in [0.15, 0.2) is 0 Å². The maximum atomic E-state index is 13.1. The topological polar surface area (TPSA) is 34.1 Å². The zero-order chi connectivity index (χ0) is 22.1. The monoisotopic (exact) mass is 440 g/mol. The Morgan fingerprint density at radius 3 is 1.71 bits per heavy atom. The van der Waals surface area contributed by atoms with Crippen LogP contribution < -0.4 is 0 Å². The lowest BCUT2D eigenvalue weighted by Crippen LogP contribution is -2.01. The first kappa shape index (κ1) is 24.0. The van der Waals surface area contributed by atoms with E-state index in [0.29, 0.717) is 9.79 Å². The van der Waals surface area contributed by atoms with Gasteiger partial charge in [-0.25, -0.2) is 8.42 Å². The third kappa shape index (κ3) is 6.00. The number of hydrogen-bond acceptors (Lipinski definition) is 2. The van der Waals surface area contributed by atoms with E-state index in [0.717, 1.165) is 30.4 Å². The zero-order valence-corrected chi connectivity index (χ0v) is 20.4. The normalized spacial score (nSPS) is 13.9. The van der Waals surface area contributed by atoms with Crippen LogP contribution in [0.5, 0.6) is 0 Å². The van der Waals surface area contributed by atoms with E-state index in [-0.39, 0.29) is 0 Å². The van der Waals surface area contributed by atoms with Crippen LogP contribution in [0.25, 0.3) is 11.1 Å². The van der Waals surface area contributed by atoms with E-state index in [1.54, 1.807) is 6.07 Å². The molecule has 0 radical (unpaired) electrons. The standard InChI is InChI=1S/C28H40O2S/c1-3-5-7-9-11-13-17-23-21-26-25-19-15-16-20-27(25)31(29,30)28(26)22-24(23)18-14-12-10-8-6-4-2/h15-16,19-22H,3-14,17-18H2,1-2H3. The van der Waals surface area contributed by atoms with Gasteiger partial charge in [0, 0.05) is 11.1 Å². The first-order valence-corrected chi connectivity index (χ1v) is 14.1. The molecule has 0 bridgehead atoms. The molecule has 2 aromatic carbocycles. The van der Waals surface area contributed by atoms with Crippen LogP contribution in [0.1, 0.15) is 102 Å². The van der Waals surface area contributed by atoms with Crippen LogP contribution in [0.3, 0.4) is 0 Å². The lowest BCUT2D eigenvalue weighted by Gasteiger charge is -2.13. The predicted molar refractivity (Wildman–Crippen MR) is 131 cm³/mol. The summed E-state index contributed by atoms with van der Waals surface area (Å²) in [6, 6.07) is 11.7. The van der Waals surface area contributed by atoms with Crippen molar-refractivity contribution >= 4 is 9.84 Å². The Morgan fingerprint density at radius 1 is 0.581 bits per heavy atom. The number of hydrogen-bond donors (Lipinski definition) is 0. The van der Waals surface area contributed by atoms with Crippen LogP contribution >= 0.6 is 0 Å². The fourth-order valence-corrected chi connectivity index (χ4v) is 6.52. The maximum absolute atomic E-state index is 13.1. The molecule has 1 aliphatic rings. The summed E-state index contributed by atoms with van der Waals surface area (Å²) in [5.74, 6) is 0. The zero-order valence-electron chi connectivity index (χ0n) is 19.6. The molecule has 3 rings (SSSR count). The Balaban J connectivity index is 1.77. The molecule has 0 amide bonds. The van der Waals surface area contributed by atoms with Crippen LogP contribution in [0, 0.1) is 0 Å². The highest BCUT2D eigenvalue weighted by atomic mass is 32.2. The highest BCUT2D eigenvalue weighted by molar-refractivity contribution is 7.92. The summed E-state index contributed by atoms with van der Waals surface area (Å²) >= 11 is 0. The molecule has 0 spiro atoms. The van der Waals surface area contributed by atoms with E-state index >= 15 is 0 Å². The summed E-state index contributed by atoms with van der Waals surface area (Å²) in [7, 11) is -3.38. The quantitative estimate of drug-likeness (QED) is 0.236. The SMILES string of the molecule is CCCCCCCCc1cc2c(cc1CCCCCCCC)S(=O)(=O)c1ccccc1-2. The van der Waals surface area contributed by atoms with Crippen molar-refractivity contribution in [1.82, 2.24) is 0 Å². The summed E-state index contributed by atoms with van der Waals surface area (Å²) in [6.07, 6.45) is 17.3. The lowest BCUT2D eigenvalue weighted by molar-refractivity contribution is 0.595. The van der Waals surface area contributed by atoms with E-state index < -0.39 is 9.84 Å². The lowest BCUT2D eigenvalue weighted by atomic mass is 9.92. The van der Waals surface area contributed by atoms with Gasteiger partial charge in [0.05, 0.1) is 9.79 Å². The Labute approximate surface area is 190 Å². The molecule has 3 heteroatoms. The molecule has 0 unspecified atom stereocenters. The number of unbranched alkanes of at least 4 members (excludes halogenated alkanes) is 10. The van der Waals surface area contributed by atoms with Gasteiger partial charge in [-0.1, -0.05) is 96.3 Å². The Morgan fingerprint density at radius 2 is 1.10 bits per heavy atom. The van der Waals surface area contributed by atoms with E-state index in [9.17, 15) is 8.42 Å². The summed E-state index contributed by atoms with van der Waals surface area (Å²) in [5, 5.41) is 0. The van der Waals surface area contributed by atoms with Crippen molar-refractivity contribution < 1.29 is 8.42 Å². The van der Waals surface area contributed by atoms with E-state index in [1.165, 1.54) is 81.8 Å². The number of aryl methyl sites for hydroxylation is 2. The van der Waals surface area contributed by atoms with Gasteiger partial charge in [-0.2, -0.15) is 0 Å². The Bertz CT molecular complexity index is 943. The first-order chi connectivity index (χ1) is 15.1. The Hall–Kier alpha value is -1.61. The molecule has 0 saturated carbocycles. The molecule has 2 nitrogen and oxygen atoms in total. The summed E-state index contributed by atoms with van der Waals surface area (Å²) in [4.78, 5) is 1.01. The number of benzene rings is 2. The number of fused-ring (bicyclic) bond motifs is 3. The minimum Gasteiger partial charge on any atom is -0.218 e. The van der Waals surface area contributed by atoms with Crippen LogP contribution in [-0.4, -0.2) is 8.42 Å². The minimum atomic E-state index is -3.38. The second-order valence-corrected chi connectivity index (χ2v) is 11.0. The van der Waals surface area contributed by atoms with E-state index in [1.807, 2.05) is 24.3 Å². The third-order valence-electron chi connectivity index (χ3n) is 6.66. The summed E-state index contributed by atoms with van der Waals surface area (Å²) < 4.78 is 26.3. The van der Waals surface area contributed by atoms with Crippen molar-refractivity contribution in [3.05, 3.63) is 47.5 Å². The maximum Gasteiger partial charge on any atom is 0.207 e. The van der Waals surface area contributed by atoms with Crippen LogP contribution in [0.2, 0.25) is 0 Å². The number of rotatable bonds is 14. The van der Waals surface area contributed by atoms with Gasteiger partial charge in [0.25, 0.3) is 0 Å². The molecule has 0 N–H and O–H groups in total. The van der Waals surface area contributed by atoms with E-state index in [2.05, 4.69) is 19.9 Å². The van der Waals surface area contributed by atoms with Crippen LogP contribution in [-0.2, 0) is 22.7 Å². The van der Waals surface area contributed by atoms with Gasteiger partial charge in [0.1, 0.15) is 0 Å². The molecular weight excluding hydrogens is 400 g/mol. The molecule has 170 valence electrons. The summed E-state index contributed by atoms with van der Waals surface area (Å²) in [6.45, 7) is 4.50. The smallest absolute Gasteiger partial charge is 0.207 e. The molecular formula is C28H40O2S. The Kier molecular flexibility index (Phi) is 9.19. The average Bonchev–Trinajstić information content (AvgIpc) is 3.00. The van der Waals surface area contributed by atoms with Crippen LogP contribution in [0.15, 0.2) is 46.2 Å². The molecule has 2 aromatic rings. The van der Waals surface area contributed by atoms with Crippen molar-refractivity contribution in [3.63, 3.8) is 0 Å². The van der Waals surface area contributed by atoms with Gasteiger partial charge >= 0.3 is 0 Å². The molecule has 0 saturated heterocycles. The highest BCUT2D eigenvalue weighted by Gasteiger charge is 2.33. The number of sulfone groups is 1. The second-order valence-electron chi connectivity index (χ2n) is 9.15. The van der Waals surface area contributed by atoms with Gasteiger partial charge in [-0.05, 0) is 55.0 Å². The molecule has 1 heterocycles. The average molecular weight is 441 g/mol. The first-order valence-electron chi connectivity index (χ1n) is 12.6. The van der Waals surface area contributed by atoms with Crippen molar-refractivity contribution in [2.45, 2.75) is 114 Å². The molecule has 0 aliphatic carbocycles. The second kappa shape index (κ2) is 11.9. The van der Waals surface area contributed by atoms with Gasteiger partial charge < -0.3 is 0 Å². The van der Waals surface area contributed by atoms with Crippen molar-refractivity contribution in [3.8, 4) is 11.1 Å². The molecule has 0 atom stereocenters. The van der Waals surface area contributed by atoms with Crippen molar-refractivity contribution in [2.24, 2.45) is 0 Å². The van der Waals surface area contributed by atoms with Crippen molar-refractivity contribution in [1.29, 1.82) is 0 Å². The third-order valence-corrected chi connectivity index (χ3v) is 8.51. The van der Waals surface area contributed by atoms with Gasteiger partial charge in [-0.15, -0.1) is 0 Å². The molecule has 0 fully saturated rings. The molecule has 1 aliphatic heterocycles. The fourth-order valence-electron chi connectivity index (χ4n) is 4.80. The molecule has 31 heavy (non-hydrogen) atoms. The van der Waals surface area contributed by atoms with Crippen LogP contribution in [0.4, 0.5) is 0 Å². The molecule has 0 aromatic heterocycles. The minimum absolute atomic E-state index is 0.479.